The van der Waals surface area contributed by atoms with Gasteiger partial charge in [-0.05, 0) is 43.7 Å². The van der Waals surface area contributed by atoms with Crippen molar-refractivity contribution in [3.8, 4) is 5.75 Å². The second kappa shape index (κ2) is 6.52. The maximum atomic E-state index is 12.7. The smallest absolute Gasteiger partial charge is 0.307 e. The fraction of sp³-hybridized carbons (Fsp3) is 0.500. The Morgan fingerprint density at radius 3 is 2.84 bits per heavy atom. The Kier molecular flexibility index (Phi) is 4.74. The summed E-state index contributed by atoms with van der Waals surface area (Å²) in [5.74, 6) is -0.635. The highest BCUT2D eigenvalue weighted by Gasteiger charge is 2.24. The van der Waals surface area contributed by atoms with Crippen LogP contribution in [-0.4, -0.2) is 42.2 Å². The van der Waals surface area contributed by atoms with Gasteiger partial charge in [0, 0.05) is 13.1 Å². The van der Waals surface area contributed by atoms with Gasteiger partial charge >= 0.3 is 5.97 Å². The number of hydrogen-bond donors (Lipinski definition) is 1. The number of nitrogens with zero attached hydrogens (tertiary/aromatic N) is 1. The number of aliphatic carboxylic acids is 1. The van der Waals surface area contributed by atoms with Gasteiger partial charge in [-0.2, -0.15) is 0 Å². The maximum Gasteiger partial charge on any atom is 0.307 e. The van der Waals surface area contributed by atoms with Gasteiger partial charge in [0.25, 0.3) is 0 Å². The van der Waals surface area contributed by atoms with Crippen LogP contribution in [0.15, 0.2) is 24.3 Å². The zero-order valence-corrected chi connectivity index (χ0v) is 10.7. The molecule has 104 valence electrons. The van der Waals surface area contributed by atoms with Crippen LogP contribution in [0.2, 0.25) is 0 Å². The Bertz CT molecular complexity index is 421. The highest BCUT2D eigenvalue weighted by molar-refractivity contribution is 5.70. The fourth-order valence-corrected chi connectivity index (χ4v) is 2.28. The van der Waals surface area contributed by atoms with Crippen LogP contribution in [-0.2, 0) is 4.79 Å². The summed E-state index contributed by atoms with van der Waals surface area (Å²) < 4.78 is 18.2. The van der Waals surface area contributed by atoms with E-state index < -0.39 is 5.97 Å². The molecule has 1 aromatic rings. The predicted octanol–water partition coefficient (Wildman–Crippen LogP) is 2.00. The lowest BCUT2D eigenvalue weighted by Crippen LogP contribution is -2.40. The third-order valence-corrected chi connectivity index (χ3v) is 3.34. The number of hydrogen-bond acceptors (Lipinski definition) is 3. The van der Waals surface area contributed by atoms with Crippen molar-refractivity contribution in [1.82, 2.24) is 4.90 Å². The van der Waals surface area contributed by atoms with Crippen molar-refractivity contribution in [1.29, 1.82) is 0 Å². The SMILES string of the molecule is O=C(O)[C@H]1CCCN(CCOc2ccc(F)cc2)C1. The Labute approximate surface area is 111 Å². The Morgan fingerprint density at radius 2 is 2.16 bits per heavy atom. The molecule has 2 rings (SSSR count). The number of carbonyl (C=O) groups is 1. The normalized spacial score (nSPS) is 20.2. The molecule has 1 saturated heterocycles. The molecular weight excluding hydrogens is 249 g/mol. The van der Waals surface area contributed by atoms with E-state index in [0.717, 1.165) is 19.4 Å². The lowest BCUT2D eigenvalue weighted by Gasteiger charge is -2.30. The van der Waals surface area contributed by atoms with Gasteiger partial charge in [0.1, 0.15) is 18.2 Å². The molecule has 1 N–H and O–H groups in total. The van der Waals surface area contributed by atoms with Gasteiger partial charge in [0.05, 0.1) is 5.92 Å². The summed E-state index contributed by atoms with van der Waals surface area (Å²) in [6.07, 6.45) is 1.66. The molecule has 19 heavy (non-hydrogen) atoms. The van der Waals surface area contributed by atoms with E-state index in [1.807, 2.05) is 0 Å². The maximum absolute atomic E-state index is 12.7. The largest absolute Gasteiger partial charge is 0.492 e. The van der Waals surface area contributed by atoms with Crippen LogP contribution in [0, 0.1) is 11.7 Å². The van der Waals surface area contributed by atoms with Crippen molar-refractivity contribution < 1.29 is 19.0 Å². The van der Waals surface area contributed by atoms with Crippen LogP contribution in [0.5, 0.6) is 5.75 Å². The number of ether oxygens (including phenoxy) is 1. The Hall–Kier alpha value is -1.62. The quantitative estimate of drug-likeness (QED) is 0.886. The molecule has 4 nitrogen and oxygen atoms in total. The minimum Gasteiger partial charge on any atom is -0.492 e. The van der Waals surface area contributed by atoms with E-state index in [-0.39, 0.29) is 11.7 Å². The number of piperidine rings is 1. The van der Waals surface area contributed by atoms with E-state index in [0.29, 0.717) is 25.4 Å². The van der Waals surface area contributed by atoms with Gasteiger partial charge in [-0.1, -0.05) is 0 Å². The predicted molar refractivity (Wildman–Crippen MR) is 68.7 cm³/mol. The minimum atomic E-state index is -0.718. The van der Waals surface area contributed by atoms with Crippen molar-refractivity contribution in [3.05, 3.63) is 30.1 Å². The van der Waals surface area contributed by atoms with Crippen LogP contribution >= 0.6 is 0 Å². The molecule has 0 radical (unpaired) electrons. The molecule has 0 bridgehead atoms. The first kappa shape index (κ1) is 13.8. The summed E-state index contributed by atoms with van der Waals surface area (Å²) in [6.45, 7) is 2.68. The van der Waals surface area contributed by atoms with Crippen molar-refractivity contribution in [2.24, 2.45) is 5.92 Å². The Morgan fingerprint density at radius 1 is 1.42 bits per heavy atom. The van der Waals surface area contributed by atoms with E-state index in [1.165, 1.54) is 12.1 Å². The second-order valence-electron chi connectivity index (χ2n) is 4.78. The first-order valence-electron chi connectivity index (χ1n) is 6.48. The van der Waals surface area contributed by atoms with Crippen molar-refractivity contribution in [3.63, 3.8) is 0 Å². The lowest BCUT2D eigenvalue weighted by molar-refractivity contribution is -0.143. The molecule has 0 amide bonds. The summed E-state index contributed by atoms with van der Waals surface area (Å²) in [5, 5.41) is 8.99. The summed E-state index contributed by atoms with van der Waals surface area (Å²) in [6, 6.07) is 5.89. The van der Waals surface area contributed by atoms with Crippen LogP contribution < -0.4 is 4.74 Å². The van der Waals surface area contributed by atoms with Gasteiger partial charge < -0.3 is 9.84 Å². The average Bonchev–Trinajstić information content (AvgIpc) is 2.41. The third-order valence-electron chi connectivity index (χ3n) is 3.34. The number of halogens is 1. The van der Waals surface area contributed by atoms with E-state index in [1.54, 1.807) is 12.1 Å². The van der Waals surface area contributed by atoms with Crippen LogP contribution in [0.4, 0.5) is 4.39 Å². The fourth-order valence-electron chi connectivity index (χ4n) is 2.28. The summed E-state index contributed by atoms with van der Waals surface area (Å²) in [4.78, 5) is 13.0. The molecule has 5 heteroatoms. The van der Waals surface area contributed by atoms with Crippen molar-refractivity contribution >= 4 is 5.97 Å². The Balaban J connectivity index is 1.73. The van der Waals surface area contributed by atoms with E-state index >= 15 is 0 Å². The van der Waals surface area contributed by atoms with Crippen LogP contribution in [0.1, 0.15) is 12.8 Å². The molecule has 0 saturated carbocycles. The molecule has 1 fully saturated rings. The first-order chi connectivity index (χ1) is 9.15. The van der Waals surface area contributed by atoms with E-state index in [9.17, 15) is 9.18 Å². The topological polar surface area (TPSA) is 49.8 Å². The molecular formula is C14H18FNO3. The van der Waals surface area contributed by atoms with Gasteiger partial charge in [-0.25, -0.2) is 4.39 Å². The van der Waals surface area contributed by atoms with Gasteiger partial charge in [0.2, 0.25) is 0 Å². The van der Waals surface area contributed by atoms with Crippen LogP contribution in [0.3, 0.4) is 0 Å². The number of carboxylic acids is 1. The molecule has 1 aromatic carbocycles. The number of likely N-dealkylation sites (tertiary alicyclic amines) is 1. The highest BCUT2D eigenvalue weighted by Crippen LogP contribution is 2.16. The standard InChI is InChI=1S/C14H18FNO3/c15-12-3-5-13(6-4-12)19-9-8-16-7-1-2-11(10-16)14(17)18/h3-6,11H,1-2,7-10H2,(H,17,18)/t11-/m0/s1. The molecule has 1 heterocycles. The van der Waals surface area contributed by atoms with Crippen LogP contribution in [0.25, 0.3) is 0 Å². The lowest BCUT2D eigenvalue weighted by atomic mass is 9.98. The van der Waals surface area contributed by atoms with Crippen molar-refractivity contribution in [2.45, 2.75) is 12.8 Å². The zero-order chi connectivity index (χ0) is 13.7. The highest BCUT2D eigenvalue weighted by atomic mass is 19.1. The summed E-state index contributed by atoms with van der Waals surface area (Å²) in [7, 11) is 0. The van der Waals surface area contributed by atoms with Crippen molar-refractivity contribution in [2.75, 3.05) is 26.2 Å². The number of rotatable bonds is 5. The number of benzene rings is 1. The van der Waals surface area contributed by atoms with Gasteiger partial charge in [0.15, 0.2) is 0 Å². The number of carboxylic acid groups (broad SMARTS) is 1. The summed E-state index contributed by atoms with van der Waals surface area (Å²) in [5.41, 5.74) is 0. The molecule has 1 atom stereocenters. The molecule has 1 aliphatic heterocycles. The molecule has 0 spiro atoms. The second-order valence-corrected chi connectivity index (χ2v) is 4.78. The van der Waals surface area contributed by atoms with E-state index in [4.69, 9.17) is 9.84 Å². The third kappa shape index (κ3) is 4.21. The molecule has 0 aliphatic carbocycles. The minimum absolute atomic E-state index is 0.264. The molecule has 0 aromatic heterocycles. The first-order valence-corrected chi connectivity index (χ1v) is 6.48. The monoisotopic (exact) mass is 267 g/mol. The van der Waals surface area contributed by atoms with E-state index in [2.05, 4.69) is 4.90 Å². The summed E-state index contributed by atoms with van der Waals surface area (Å²) >= 11 is 0. The zero-order valence-electron chi connectivity index (χ0n) is 10.7. The van der Waals surface area contributed by atoms with Gasteiger partial charge in [-0.3, -0.25) is 9.69 Å². The molecule has 1 aliphatic rings. The average molecular weight is 267 g/mol. The van der Waals surface area contributed by atoms with Gasteiger partial charge in [-0.15, -0.1) is 0 Å². The molecule has 0 unspecified atom stereocenters.